The van der Waals surface area contributed by atoms with Gasteiger partial charge in [-0.15, -0.1) is 0 Å². The van der Waals surface area contributed by atoms with Gasteiger partial charge in [-0.25, -0.2) is 13.8 Å². The van der Waals surface area contributed by atoms with Crippen molar-refractivity contribution >= 4 is 23.7 Å². The van der Waals surface area contributed by atoms with Gasteiger partial charge in [0.1, 0.15) is 12.4 Å². The molecule has 1 heterocycles. The van der Waals surface area contributed by atoms with E-state index in [0.717, 1.165) is 18.4 Å². The standard InChI is InChI=1S/C18H20ClF2N3O2/c1-11(14-6-5-13(9-15(14)19)26-10-16(20)21)24-8-2-7-22-18(24)23-17(25)12-3-4-12/h2,5-9,11-12,16,18H,3-4,10H2,1H3,(H,23,25). The summed E-state index contributed by atoms with van der Waals surface area (Å²) in [6.45, 7) is 1.26. The molecule has 3 rings (SSSR count). The van der Waals surface area contributed by atoms with Gasteiger partial charge in [-0.3, -0.25) is 4.79 Å². The highest BCUT2D eigenvalue weighted by molar-refractivity contribution is 6.31. The summed E-state index contributed by atoms with van der Waals surface area (Å²) in [6, 6.07) is 4.67. The van der Waals surface area contributed by atoms with Crippen molar-refractivity contribution in [1.29, 1.82) is 0 Å². The van der Waals surface area contributed by atoms with Crippen LogP contribution in [0.2, 0.25) is 5.02 Å². The van der Waals surface area contributed by atoms with Gasteiger partial charge < -0.3 is 15.0 Å². The summed E-state index contributed by atoms with van der Waals surface area (Å²) in [6.07, 6.45) is 4.05. The Bertz CT molecular complexity index is 722. The third-order valence-electron chi connectivity index (χ3n) is 4.32. The van der Waals surface area contributed by atoms with E-state index < -0.39 is 19.3 Å². The van der Waals surface area contributed by atoms with E-state index in [4.69, 9.17) is 16.3 Å². The fraction of sp³-hybridized carbons (Fsp3) is 0.444. The molecule has 0 saturated heterocycles. The lowest BCUT2D eigenvalue weighted by Gasteiger charge is -2.35. The zero-order valence-electron chi connectivity index (χ0n) is 14.2. The molecule has 5 nitrogen and oxygen atoms in total. The van der Waals surface area contributed by atoms with Gasteiger partial charge >= 0.3 is 0 Å². The Morgan fingerprint density at radius 2 is 2.23 bits per heavy atom. The minimum atomic E-state index is -2.54. The first-order chi connectivity index (χ1) is 12.5. The summed E-state index contributed by atoms with van der Waals surface area (Å²) in [4.78, 5) is 18.3. The fourth-order valence-electron chi connectivity index (χ4n) is 2.73. The summed E-state index contributed by atoms with van der Waals surface area (Å²) in [5.74, 6) is 0.377. The third-order valence-corrected chi connectivity index (χ3v) is 4.65. The van der Waals surface area contributed by atoms with Crippen LogP contribution in [0.5, 0.6) is 5.75 Å². The van der Waals surface area contributed by atoms with Gasteiger partial charge in [-0.1, -0.05) is 17.7 Å². The van der Waals surface area contributed by atoms with Gasteiger partial charge in [-0.05, 0) is 43.5 Å². The Balaban J connectivity index is 1.71. The van der Waals surface area contributed by atoms with Gasteiger partial charge in [0.15, 0.2) is 6.29 Å². The Morgan fingerprint density at radius 3 is 2.88 bits per heavy atom. The van der Waals surface area contributed by atoms with Crippen LogP contribution in [0.3, 0.4) is 0 Å². The fourth-order valence-corrected chi connectivity index (χ4v) is 3.06. The number of hydrogen-bond donors (Lipinski definition) is 1. The van der Waals surface area contributed by atoms with Gasteiger partial charge in [-0.2, -0.15) is 0 Å². The number of hydrogen-bond acceptors (Lipinski definition) is 4. The van der Waals surface area contributed by atoms with Gasteiger partial charge in [0.25, 0.3) is 6.43 Å². The van der Waals surface area contributed by atoms with Gasteiger partial charge in [0.05, 0.1) is 6.04 Å². The van der Waals surface area contributed by atoms with Crippen LogP contribution in [0.25, 0.3) is 0 Å². The first kappa shape index (κ1) is 18.6. The minimum absolute atomic E-state index is 0.00138. The highest BCUT2D eigenvalue weighted by atomic mass is 35.5. The molecular weight excluding hydrogens is 364 g/mol. The molecular formula is C18H20ClF2N3O2. The van der Waals surface area contributed by atoms with Crippen LogP contribution in [-0.4, -0.2) is 36.3 Å². The van der Waals surface area contributed by atoms with Crippen LogP contribution in [0.15, 0.2) is 35.5 Å². The van der Waals surface area contributed by atoms with Crippen molar-refractivity contribution in [2.45, 2.75) is 38.5 Å². The summed E-state index contributed by atoms with van der Waals surface area (Å²) >= 11 is 6.33. The molecule has 1 saturated carbocycles. The predicted molar refractivity (Wildman–Crippen MR) is 95.5 cm³/mol. The molecule has 1 aromatic carbocycles. The van der Waals surface area contributed by atoms with Crippen LogP contribution in [0.4, 0.5) is 8.78 Å². The maximum atomic E-state index is 12.3. The van der Waals surface area contributed by atoms with E-state index in [-0.39, 0.29) is 23.6 Å². The van der Waals surface area contributed by atoms with E-state index in [1.807, 2.05) is 18.0 Å². The smallest absolute Gasteiger partial charge is 0.272 e. The van der Waals surface area contributed by atoms with E-state index >= 15 is 0 Å². The number of alkyl halides is 2. The highest BCUT2D eigenvalue weighted by Gasteiger charge is 2.33. The summed E-state index contributed by atoms with van der Waals surface area (Å²) in [5.41, 5.74) is 0.781. The normalized spacial score (nSPS) is 20.3. The second-order valence-electron chi connectivity index (χ2n) is 6.30. The molecule has 1 fully saturated rings. The van der Waals surface area contributed by atoms with Crippen molar-refractivity contribution in [3.8, 4) is 5.75 Å². The average Bonchev–Trinajstić information content (AvgIpc) is 3.45. The summed E-state index contributed by atoms with van der Waals surface area (Å²) < 4.78 is 29.5. The number of halogens is 3. The lowest BCUT2D eigenvalue weighted by Crippen LogP contribution is -2.47. The molecule has 26 heavy (non-hydrogen) atoms. The molecule has 1 amide bonds. The second-order valence-corrected chi connectivity index (χ2v) is 6.71. The zero-order valence-corrected chi connectivity index (χ0v) is 15.0. The summed E-state index contributed by atoms with van der Waals surface area (Å²) in [7, 11) is 0. The Kier molecular flexibility index (Phi) is 5.76. The molecule has 1 aromatic rings. The monoisotopic (exact) mass is 383 g/mol. The van der Waals surface area contributed by atoms with Crippen molar-refractivity contribution in [1.82, 2.24) is 10.2 Å². The van der Waals surface area contributed by atoms with Crippen molar-refractivity contribution in [3.05, 3.63) is 41.1 Å². The number of allylic oxidation sites excluding steroid dienone is 1. The van der Waals surface area contributed by atoms with E-state index in [9.17, 15) is 13.6 Å². The lowest BCUT2D eigenvalue weighted by molar-refractivity contribution is -0.124. The maximum Gasteiger partial charge on any atom is 0.272 e. The number of nitrogens with zero attached hydrogens (tertiary/aromatic N) is 2. The van der Waals surface area contributed by atoms with Gasteiger partial charge in [0, 0.05) is 23.4 Å². The molecule has 1 N–H and O–H groups in total. The SMILES string of the molecule is CC(c1ccc(OCC(F)F)cc1Cl)N1C=CC=NC1NC(=O)C1CC1. The number of ether oxygens (including phenoxy) is 1. The molecule has 0 radical (unpaired) electrons. The minimum Gasteiger partial charge on any atom is -0.488 e. The van der Waals surface area contributed by atoms with Crippen LogP contribution in [-0.2, 0) is 4.79 Å². The molecule has 0 bridgehead atoms. The highest BCUT2D eigenvalue weighted by Crippen LogP contribution is 2.33. The van der Waals surface area contributed by atoms with Crippen molar-refractivity contribution in [3.63, 3.8) is 0 Å². The number of amides is 1. The first-order valence-electron chi connectivity index (χ1n) is 8.44. The quantitative estimate of drug-likeness (QED) is 0.780. The van der Waals surface area contributed by atoms with Crippen LogP contribution in [0.1, 0.15) is 31.4 Å². The molecule has 2 atom stereocenters. The second kappa shape index (κ2) is 8.03. The van der Waals surface area contributed by atoms with E-state index in [2.05, 4.69) is 10.3 Å². The number of aliphatic imine (C=N–C) groups is 1. The van der Waals surface area contributed by atoms with Gasteiger partial charge in [0.2, 0.25) is 5.91 Å². The van der Waals surface area contributed by atoms with Crippen LogP contribution < -0.4 is 10.1 Å². The average molecular weight is 384 g/mol. The van der Waals surface area contributed by atoms with Crippen LogP contribution in [0, 0.1) is 5.92 Å². The lowest BCUT2D eigenvalue weighted by atomic mass is 10.1. The topological polar surface area (TPSA) is 53.9 Å². The predicted octanol–water partition coefficient (Wildman–Crippen LogP) is 3.75. The molecule has 8 heteroatoms. The molecule has 1 aliphatic heterocycles. The van der Waals surface area contributed by atoms with Crippen molar-refractivity contribution < 1.29 is 18.3 Å². The number of nitrogens with one attached hydrogen (secondary N) is 1. The number of carbonyl (C=O) groups is 1. The zero-order chi connectivity index (χ0) is 18.7. The Morgan fingerprint density at radius 1 is 1.46 bits per heavy atom. The Labute approximate surface area is 155 Å². The largest absolute Gasteiger partial charge is 0.488 e. The van der Waals surface area contributed by atoms with E-state index in [1.54, 1.807) is 24.4 Å². The molecule has 0 aromatic heterocycles. The molecule has 2 aliphatic rings. The van der Waals surface area contributed by atoms with Crippen LogP contribution >= 0.6 is 11.6 Å². The first-order valence-corrected chi connectivity index (χ1v) is 8.81. The summed E-state index contributed by atoms with van der Waals surface area (Å²) in [5, 5.41) is 3.33. The third kappa shape index (κ3) is 4.52. The number of benzene rings is 1. The van der Waals surface area contributed by atoms with E-state index in [0.29, 0.717) is 5.02 Å². The number of rotatable bonds is 7. The van der Waals surface area contributed by atoms with Crippen molar-refractivity contribution in [2.75, 3.05) is 6.61 Å². The van der Waals surface area contributed by atoms with Crippen molar-refractivity contribution in [2.24, 2.45) is 10.9 Å². The maximum absolute atomic E-state index is 12.3. The van der Waals surface area contributed by atoms with E-state index in [1.165, 1.54) is 6.07 Å². The molecule has 2 unspecified atom stereocenters. The number of carbonyl (C=O) groups excluding carboxylic acids is 1. The molecule has 1 aliphatic carbocycles. The molecule has 0 spiro atoms. The Hall–Kier alpha value is -2.15. The molecule has 140 valence electrons.